The molecule has 0 aliphatic carbocycles. The zero-order valence-electron chi connectivity index (χ0n) is 15.0. The van der Waals surface area contributed by atoms with Crippen molar-refractivity contribution < 1.29 is 0 Å². The molecule has 0 aromatic heterocycles. The monoisotopic (exact) mass is 358 g/mol. The maximum atomic E-state index is 5.99. The second-order valence-electron chi connectivity index (χ2n) is 6.18. The van der Waals surface area contributed by atoms with Crippen LogP contribution < -0.4 is 4.90 Å². The van der Waals surface area contributed by atoms with Crippen LogP contribution in [-0.2, 0) is 0 Å². The fourth-order valence-electron chi connectivity index (χ4n) is 2.79. The number of rotatable bonds is 5. The first-order chi connectivity index (χ1) is 12.7. The van der Waals surface area contributed by atoms with Gasteiger partial charge in [0.1, 0.15) is 4.99 Å². The van der Waals surface area contributed by atoms with Gasteiger partial charge in [-0.1, -0.05) is 78.9 Å². The third kappa shape index (κ3) is 4.19. The predicted octanol–water partition coefficient (Wildman–Crippen LogP) is 5.75. The van der Waals surface area contributed by atoms with E-state index in [4.69, 9.17) is 12.2 Å². The highest BCUT2D eigenvalue weighted by Crippen LogP contribution is 2.30. The molecule has 0 fully saturated rings. The Kier molecular flexibility index (Phi) is 5.82. The normalized spacial score (nSPS) is 11.1. The Hall–Kier alpha value is -2.91. The van der Waals surface area contributed by atoms with E-state index in [1.54, 1.807) is 0 Å². The molecule has 3 rings (SSSR count). The lowest BCUT2D eigenvalue weighted by atomic mass is 10.0. The first-order valence-corrected chi connectivity index (χ1v) is 8.96. The van der Waals surface area contributed by atoms with Crippen LogP contribution in [-0.4, -0.2) is 24.0 Å². The van der Waals surface area contributed by atoms with Gasteiger partial charge in [0.05, 0.1) is 0 Å². The summed E-state index contributed by atoms with van der Waals surface area (Å²) < 4.78 is 0. The number of nitrogens with zero attached hydrogens (tertiary/aromatic N) is 2. The maximum Gasteiger partial charge on any atom is 0.120 e. The smallest absolute Gasteiger partial charge is 0.120 e. The van der Waals surface area contributed by atoms with Crippen LogP contribution in [0.25, 0.3) is 5.57 Å². The molecule has 0 aliphatic heterocycles. The van der Waals surface area contributed by atoms with Gasteiger partial charge in [0.15, 0.2) is 0 Å². The van der Waals surface area contributed by atoms with E-state index in [-0.39, 0.29) is 0 Å². The van der Waals surface area contributed by atoms with Crippen LogP contribution in [0.1, 0.15) is 5.56 Å². The molecular weight excluding hydrogens is 336 g/mol. The molecule has 0 aliphatic rings. The standard InChI is InChI=1S/C23H22N2S/c1-24(2)18-22(19-12-6-3-7-13-19)23(26)25(20-14-8-4-9-15-20)21-16-10-5-11-17-21/h3-18H,1-2H3. The van der Waals surface area contributed by atoms with E-state index >= 15 is 0 Å². The molecule has 0 spiro atoms. The zero-order chi connectivity index (χ0) is 18.4. The van der Waals surface area contributed by atoms with Gasteiger partial charge in [0.2, 0.25) is 0 Å². The molecule has 0 saturated carbocycles. The van der Waals surface area contributed by atoms with Crippen LogP contribution in [0.2, 0.25) is 0 Å². The molecule has 3 aromatic carbocycles. The Bertz CT molecular complexity index is 832. The van der Waals surface area contributed by atoms with E-state index in [9.17, 15) is 0 Å². The Morgan fingerprint density at radius 1 is 0.692 bits per heavy atom. The Morgan fingerprint density at radius 2 is 1.12 bits per heavy atom. The summed E-state index contributed by atoms with van der Waals surface area (Å²) >= 11 is 5.99. The van der Waals surface area contributed by atoms with Crippen molar-refractivity contribution in [2.24, 2.45) is 0 Å². The minimum absolute atomic E-state index is 0.766. The van der Waals surface area contributed by atoms with Crippen molar-refractivity contribution in [3.8, 4) is 0 Å². The number of para-hydroxylation sites is 2. The molecule has 0 atom stereocenters. The summed E-state index contributed by atoms with van der Waals surface area (Å²) in [6, 6.07) is 30.8. The van der Waals surface area contributed by atoms with Gasteiger partial charge in [-0.05, 0) is 29.8 Å². The lowest BCUT2D eigenvalue weighted by molar-refractivity contribution is 0.566. The van der Waals surface area contributed by atoms with Gasteiger partial charge in [-0.25, -0.2) is 0 Å². The van der Waals surface area contributed by atoms with Crippen molar-refractivity contribution in [3.63, 3.8) is 0 Å². The van der Waals surface area contributed by atoms with Crippen LogP contribution in [0.3, 0.4) is 0 Å². The molecule has 0 amide bonds. The number of thiocarbonyl (C=S) groups is 1. The average Bonchev–Trinajstić information content (AvgIpc) is 2.68. The van der Waals surface area contributed by atoms with E-state index in [2.05, 4.69) is 47.5 Å². The minimum Gasteiger partial charge on any atom is -0.383 e. The fourth-order valence-corrected chi connectivity index (χ4v) is 3.17. The summed E-state index contributed by atoms with van der Waals surface area (Å²) in [5.41, 5.74) is 4.20. The molecule has 0 radical (unpaired) electrons. The summed E-state index contributed by atoms with van der Waals surface area (Å²) in [7, 11) is 4.03. The molecule has 3 heteroatoms. The van der Waals surface area contributed by atoms with Crippen LogP contribution in [0.15, 0.2) is 97.2 Å². The molecule has 130 valence electrons. The second-order valence-corrected chi connectivity index (χ2v) is 6.57. The number of hydrogen-bond acceptors (Lipinski definition) is 2. The minimum atomic E-state index is 0.766. The van der Waals surface area contributed by atoms with Gasteiger partial charge in [-0.2, -0.15) is 0 Å². The summed E-state index contributed by atoms with van der Waals surface area (Å²) in [6.45, 7) is 0. The van der Waals surface area contributed by atoms with Crippen LogP contribution in [0, 0.1) is 0 Å². The first kappa shape index (κ1) is 17.9. The topological polar surface area (TPSA) is 6.48 Å². The van der Waals surface area contributed by atoms with Crippen molar-refractivity contribution >= 4 is 34.2 Å². The van der Waals surface area contributed by atoms with Gasteiger partial charge in [0, 0.05) is 37.2 Å². The fraction of sp³-hybridized carbons (Fsp3) is 0.0870. The van der Waals surface area contributed by atoms with Gasteiger partial charge in [0.25, 0.3) is 0 Å². The van der Waals surface area contributed by atoms with Crippen LogP contribution >= 0.6 is 12.2 Å². The molecule has 2 nitrogen and oxygen atoms in total. The van der Waals surface area contributed by atoms with Gasteiger partial charge < -0.3 is 9.80 Å². The lowest BCUT2D eigenvalue weighted by Gasteiger charge is -2.28. The van der Waals surface area contributed by atoms with E-state index in [0.717, 1.165) is 27.5 Å². The Balaban J connectivity index is 2.12. The quantitative estimate of drug-likeness (QED) is 0.423. The molecule has 0 heterocycles. The van der Waals surface area contributed by atoms with E-state index in [0.29, 0.717) is 0 Å². The molecule has 3 aromatic rings. The highest BCUT2D eigenvalue weighted by Gasteiger charge is 2.19. The average molecular weight is 359 g/mol. The molecule has 26 heavy (non-hydrogen) atoms. The van der Waals surface area contributed by atoms with E-state index in [1.807, 2.05) is 73.6 Å². The molecule has 0 bridgehead atoms. The largest absolute Gasteiger partial charge is 0.383 e. The highest BCUT2D eigenvalue weighted by molar-refractivity contribution is 7.81. The number of hydrogen-bond donors (Lipinski definition) is 0. The Morgan fingerprint density at radius 3 is 1.54 bits per heavy atom. The molecule has 0 N–H and O–H groups in total. The van der Waals surface area contributed by atoms with E-state index in [1.165, 1.54) is 0 Å². The summed E-state index contributed by atoms with van der Waals surface area (Å²) in [4.78, 5) is 4.92. The maximum absolute atomic E-state index is 5.99. The Labute approximate surface area is 161 Å². The third-order valence-corrected chi connectivity index (χ3v) is 4.34. The number of benzene rings is 3. The lowest BCUT2D eigenvalue weighted by Crippen LogP contribution is -2.26. The van der Waals surface area contributed by atoms with Crippen molar-refractivity contribution in [1.82, 2.24) is 4.90 Å². The van der Waals surface area contributed by atoms with Crippen molar-refractivity contribution in [2.75, 3.05) is 19.0 Å². The third-order valence-electron chi connectivity index (χ3n) is 3.93. The summed E-state index contributed by atoms with van der Waals surface area (Å²) in [6.07, 6.45) is 2.08. The summed E-state index contributed by atoms with van der Waals surface area (Å²) in [5.74, 6) is 0. The van der Waals surface area contributed by atoms with E-state index < -0.39 is 0 Å². The SMILES string of the molecule is CN(C)C=C(C(=S)N(c1ccccc1)c1ccccc1)c1ccccc1. The van der Waals surface area contributed by atoms with Crippen LogP contribution in [0.5, 0.6) is 0 Å². The summed E-state index contributed by atoms with van der Waals surface area (Å²) in [5, 5.41) is 0. The molecule has 0 unspecified atom stereocenters. The van der Waals surface area contributed by atoms with Crippen molar-refractivity contribution in [1.29, 1.82) is 0 Å². The predicted molar refractivity (Wildman–Crippen MR) is 116 cm³/mol. The van der Waals surface area contributed by atoms with Gasteiger partial charge in [-0.15, -0.1) is 0 Å². The molecule has 0 saturated heterocycles. The van der Waals surface area contributed by atoms with Crippen molar-refractivity contribution in [2.45, 2.75) is 0 Å². The molecular formula is C23H22N2S. The second kappa shape index (κ2) is 8.45. The van der Waals surface area contributed by atoms with Crippen LogP contribution in [0.4, 0.5) is 11.4 Å². The van der Waals surface area contributed by atoms with Gasteiger partial charge >= 0.3 is 0 Å². The number of anilines is 2. The zero-order valence-corrected chi connectivity index (χ0v) is 15.9. The van der Waals surface area contributed by atoms with Gasteiger partial charge in [-0.3, -0.25) is 0 Å². The highest BCUT2D eigenvalue weighted by atomic mass is 32.1. The van der Waals surface area contributed by atoms with Crippen molar-refractivity contribution in [3.05, 3.63) is 103 Å². The first-order valence-electron chi connectivity index (χ1n) is 8.55.